The molecule has 0 atom stereocenters. The third-order valence-electron chi connectivity index (χ3n) is 3.91. The van der Waals surface area contributed by atoms with Crippen LogP contribution in [0.4, 0.5) is 0 Å². The highest BCUT2D eigenvalue weighted by Gasteiger charge is 2.18. The Morgan fingerprint density at radius 2 is 1.83 bits per heavy atom. The van der Waals surface area contributed by atoms with Crippen molar-refractivity contribution in [3.05, 3.63) is 76.2 Å². The van der Waals surface area contributed by atoms with Gasteiger partial charge < -0.3 is 4.74 Å². The third kappa shape index (κ3) is 3.31. The zero-order valence-corrected chi connectivity index (χ0v) is 14.6. The van der Waals surface area contributed by atoms with Crippen LogP contribution in [0.5, 0.6) is 5.75 Å². The van der Waals surface area contributed by atoms with Gasteiger partial charge in [-0.15, -0.1) is 0 Å². The number of rotatable bonds is 3. The number of ether oxygens (including phenoxy) is 1. The zero-order valence-electron chi connectivity index (χ0n) is 13.1. The van der Waals surface area contributed by atoms with E-state index >= 15 is 0 Å². The van der Waals surface area contributed by atoms with E-state index in [2.05, 4.69) is 37.6 Å². The summed E-state index contributed by atoms with van der Waals surface area (Å²) < 4.78 is 5.40. The Bertz CT molecular complexity index is 803. The van der Waals surface area contributed by atoms with Crippen LogP contribution in [0.25, 0.3) is 16.7 Å². The fourth-order valence-corrected chi connectivity index (χ4v) is 3.20. The van der Waals surface area contributed by atoms with Gasteiger partial charge in [-0.3, -0.25) is 0 Å². The summed E-state index contributed by atoms with van der Waals surface area (Å²) in [5.41, 5.74) is 5.46. The Balaban J connectivity index is 2.22. The summed E-state index contributed by atoms with van der Waals surface area (Å²) in [4.78, 5) is 0. The number of allylic oxidation sites excluding steroid dienone is 4. The van der Waals surface area contributed by atoms with Crippen LogP contribution in [-0.2, 0) is 0 Å². The van der Waals surface area contributed by atoms with Gasteiger partial charge in [0.1, 0.15) is 5.75 Å². The first-order chi connectivity index (χ1) is 11.1. The molecule has 2 aromatic carbocycles. The van der Waals surface area contributed by atoms with Crippen LogP contribution < -0.4 is 4.74 Å². The Morgan fingerprint density at radius 1 is 1.00 bits per heavy atom. The molecule has 3 heteroatoms. The minimum Gasteiger partial charge on any atom is -0.497 e. The number of aryl methyl sites for hydroxylation is 1. The molecule has 1 aliphatic rings. The molecule has 1 nitrogen and oxygen atoms in total. The van der Waals surface area contributed by atoms with E-state index in [1.54, 1.807) is 7.11 Å². The highest BCUT2D eigenvalue weighted by atomic mass is 35.5. The first-order valence-electron chi connectivity index (χ1n) is 7.44. The topological polar surface area (TPSA) is 9.23 Å². The fourth-order valence-electron chi connectivity index (χ4n) is 2.75. The number of methoxy groups -OCH3 is 1. The van der Waals surface area contributed by atoms with E-state index in [-0.39, 0.29) is 0 Å². The predicted octanol–water partition coefficient (Wildman–Crippen LogP) is 6.35. The van der Waals surface area contributed by atoms with Gasteiger partial charge in [0.05, 0.1) is 17.2 Å². The highest BCUT2D eigenvalue weighted by molar-refractivity contribution is 6.46. The minimum absolute atomic E-state index is 0.594. The van der Waals surface area contributed by atoms with Gasteiger partial charge in [-0.2, -0.15) is 0 Å². The lowest BCUT2D eigenvalue weighted by Gasteiger charge is -2.19. The van der Waals surface area contributed by atoms with Gasteiger partial charge in [-0.1, -0.05) is 65.2 Å². The second-order valence-electron chi connectivity index (χ2n) is 5.50. The molecule has 0 heterocycles. The Kier molecular flexibility index (Phi) is 4.79. The Labute approximate surface area is 147 Å². The van der Waals surface area contributed by atoms with Crippen molar-refractivity contribution in [2.24, 2.45) is 0 Å². The van der Waals surface area contributed by atoms with Gasteiger partial charge in [-0.25, -0.2) is 0 Å². The average Bonchev–Trinajstić information content (AvgIpc) is 2.57. The lowest BCUT2D eigenvalue weighted by Crippen LogP contribution is -1.98. The van der Waals surface area contributed by atoms with E-state index in [1.807, 2.05) is 24.3 Å². The summed E-state index contributed by atoms with van der Waals surface area (Å²) in [6.07, 6.45) is 4.81. The summed E-state index contributed by atoms with van der Waals surface area (Å²) >= 11 is 12.7. The highest BCUT2D eigenvalue weighted by Crippen LogP contribution is 2.41. The molecule has 0 bridgehead atoms. The molecule has 0 fully saturated rings. The molecule has 0 unspecified atom stereocenters. The third-order valence-corrected chi connectivity index (χ3v) is 4.76. The SMILES string of the molecule is COc1ccc(C2=C(Cl)C(Cl)=CC[CH]2)c(-c2cccc(C)c2)c1. The number of hydrogen-bond acceptors (Lipinski definition) is 1. The van der Waals surface area contributed by atoms with E-state index in [4.69, 9.17) is 27.9 Å². The zero-order chi connectivity index (χ0) is 16.4. The molecule has 0 saturated heterocycles. The summed E-state index contributed by atoms with van der Waals surface area (Å²) in [7, 11) is 1.67. The van der Waals surface area contributed by atoms with Gasteiger partial charge >= 0.3 is 0 Å². The molecule has 0 aromatic heterocycles. The van der Waals surface area contributed by atoms with Crippen LogP contribution >= 0.6 is 23.2 Å². The largest absolute Gasteiger partial charge is 0.497 e. The second kappa shape index (κ2) is 6.82. The lowest BCUT2D eigenvalue weighted by molar-refractivity contribution is 0.415. The molecule has 3 rings (SSSR count). The predicted molar refractivity (Wildman–Crippen MR) is 98.8 cm³/mol. The summed E-state index contributed by atoms with van der Waals surface area (Å²) in [6, 6.07) is 14.4. The molecule has 0 amide bonds. The molecular weight excluding hydrogens is 327 g/mol. The number of hydrogen-bond donors (Lipinski definition) is 0. The second-order valence-corrected chi connectivity index (χ2v) is 6.29. The van der Waals surface area contributed by atoms with Gasteiger partial charge in [0.25, 0.3) is 0 Å². The first kappa shape index (κ1) is 16.2. The van der Waals surface area contributed by atoms with Crippen LogP contribution in [0, 0.1) is 13.3 Å². The van der Waals surface area contributed by atoms with E-state index in [0.717, 1.165) is 34.4 Å². The lowest BCUT2D eigenvalue weighted by atomic mass is 9.89. The molecule has 0 aliphatic heterocycles. The van der Waals surface area contributed by atoms with Gasteiger partial charge in [0.2, 0.25) is 0 Å². The van der Waals surface area contributed by atoms with E-state index in [0.29, 0.717) is 10.1 Å². The molecule has 23 heavy (non-hydrogen) atoms. The normalized spacial score (nSPS) is 14.7. The van der Waals surface area contributed by atoms with Crippen molar-refractivity contribution in [3.8, 4) is 16.9 Å². The molecule has 0 spiro atoms. The maximum absolute atomic E-state index is 6.45. The maximum atomic E-state index is 6.45. The molecule has 1 aliphatic carbocycles. The van der Waals surface area contributed by atoms with E-state index in [1.165, 1.54) is 5.56 Å². The minimum atomic E-state index is 0.594. The fraction of sp³-hybridized carbons (Fsp3) is 0.150. The monoisotopic (exact) mass is 343 g/mol. The molecule has 117 valence electrons. The molecule has 2 aromatic rings. The van der Waals surface area contributed by atoms with Crippen molar-refractivity contribution in [2.75, 3.05) is 7.11 Å². The van der Waals surface area contributed by atoms with Crippen molar-refractivity contribution in [3.63, 3.8) is 0 Å². The summed E-state index contributed by atoms with van der Waals surface area (Å²) in [6.45, 7) is 2.09. The standard InChI is InChI=1S/C20H17Cl2O/c1-13-5-3-6-14(11-13)18-12-15(23-2)9-10-16(18)17-7-4-8-19(21)20(17)22/h3,5-12H,4H2,1-2H3. The Hall–Kier alpha value is -1.70. The van der Waals surface area contributed by atoms with Crippen molar-refractivity contribution in [1.29, 1.82) is 0 Å². The van der Waals surface area contributed by atoms with Crippen LogP contribution in [0.3, 0.4) is 0 Å². The molecule has 0 N–H and O–H groups in total. The van der Waals surface area contributed by atoms with Crippen molar-refractivity contribution < 1.29 is 4.74 Å². The van der Waals surface area contributed by atoms with Crippen molar-refractivity contribution in [1.82, 2.24) is 0 Å². The molecule has 0 saturated carbocycles. The van der Waals surface area contributed by atoms with Crippen LogP contribution in [-0.4, -0.2) is 7.11 Å². The average molecular weight is 344 g/mol. The quantitative estimate of drug-likeness (QED) is 0.630. The summed E-state index contributed by atoms with van der Waals surface area (Å²) in [5.74, 6) is 0.819. The van der Waals surface area contributed by atoms with Gasteiger partial charge in [-0.05, 0) is 54.2 Å². The Morgan fingerprint density at radius 3 is 2.57 bits per heavy atom. The van der Waals surface area contributed by atoms with E-state index < -0.39 is 0 Å². The van der Waals surface area contributed by atoms with Gasteiger partial charge in [0, 0.05) is 0 Å². The van der Waals surface area contributed by atoms with E-state index in [9.17, 15) is 0 Å². The van der Waals surface area contributed by atoms with Crippen LogP contribution in [0.2, 0.25) is 0 Å². The molecular formula is C20H17Cl2O. The number of benzene rings is 2. The smallest absolute Gasteiger partial charge is 0.119 e. The first-order valence-corrected chi connectivity index (χ1v) is 8.20. The van der Waals surface area contributed by atoms with Crippen LogP contribution in [0.1, 0.15) is 17.5 Å². The summed E-state index contributed by atoms with van der Waals surface area (Å²) in [5, 5.41) is 1.20. The van der Waals surface area contributed by atoms with Crippen molar-refractivity contribution >= 4 is 28.8 Å². The van der Waals surface area contributed by atoms with Crippen molar-refractivity contribution in [2.45, 2.75) is 13.3 Å². The van der Waals surface area contributed by atoms with Crippen LogP contribution in [0.15, 0.2) is 58.6 Å². The maximum Gasteiger partial charge on any atom is 0.119 e. The number of halogens is 2. The molecule has 1 radical (unpaired) electrons. The van der Waals surface area contributed by atoms with Gasteiger partial charge in [0.15, 0.2) is 0 Å².